The van der Waals surface area contributed by atoms with Gasteiger partial charge in [-0.05, 0) is 42.5 Å². The van der Waals surface area contributed by atoms with Crippen molar-refractivity contribution in [1.82, 2.24) is 5.32 Å². The molecule has 2 N–H and O–H groups in total. The van der Waals surface area contributed by atoms with Gasteiger partial charge in [0.25, 0.3) is 5.91 Å². The summed E-state index contributed by atoms with van der Waals surface area (Å²) in [6.45, 7) is 1.37. The Labute approximate surface area is 148 Å². The third-order valence-electron chi connectivity index (χ3n) is 3.23. The third kappa shape index (κ3) is 5.67. The third-order valence-corrected chi connectivity index (χ3v) is 3.23. The Hall–Kier alpha value is -3.27. The number of nitrogens with one attached hydrogen (secondary N) is 2. The maximum atomic E-state index is 12.6. The lowest BCUT2D eigenvalue weighted by Crippen LogP contribution is -2.23. The zero-order chi connectivity index (χ0) is 19.2. The molecule has 7 heteroatoms. The van der Waals surface area contributed by atoms with Gasteiger partial charge in [-0.25, -0.2) is 0 Å². The predicted octanol–water partition coefficient (Wildman–Crippen LogP) is 3.45. The molecule has 0 aliphatic carbocycles. The predicted molar refractivity (Wildman–Crippen MR) is 91.4 cm³/mol. The summed E-state index contributed by atoms with van der Waals surface area (Å²) in [7, 11) is 0. The molecule has 0 atom stereocenters. The minimum atomic E-state index is -4.42. The topological polar surface area (TPSA) is 58.2 Å². The van der Waals surface area contributed by atoms with Crippen LogP contribution in [0.25, 0.3) is 0 Å². The van der Waals surface area contributed by atoms with Gasteiger partial charge in [-0.1, -0.05) is 17.9 Å². The van der Waals surface area contributed by atoms with Crippen molar-refractivity contribution in [3.63, 3.8) is 0 Å². The van der Waals surface area contributed by atoms with Gasteiger partial charge in [-0.2, -0.15) is 13.2 Å². The SMILES string of the molecule is CC(=O)Nc1ccc(C(=O)NCC#Cc2cccc(C(F)(F)F)c2)cc1. The summed E-state index contributed by atoms with van der Waals surface area (Å²) in [5, 5.41) is 5.14. The number of rotatable bonds is 3. The zero-order valence-electron chi connectivity index (χ0n) is 13.8. The van der Waals surface area contributed by atoms with E-state index in [4.69, 9.17) is 0 Å². The molecule has 0 saturated carbocycles. The molecule has 0 aromatic heterocycles. The molecule has 2 rings (SSSR count). The maximum absolute atomic E-state index is 12.6. The number of benzene rings is 2. The van der Waals surface area contributed by atoms with Crippen LogP contribution in [0.15, 0.2) is 48.5 Å². The highest BCUT2D eigenvalue weighted by atomic mass is 19.4. The number of amides is 2. The molecule has 2 amide bonds. The number of alkyl halides is 3. The van der Waals surface area contributed by atoms with Crippen LogP contribution in [0.3, 0.4) is 0 Å². The van der Waals surface area contributed by atoms with Crippen molar-refractivity contribution in [2.24, 2.45) is 0 Å². The summed E-state index contributed by atoms with van der Waals surface area (Å²) >= 11 is 0. The Morgan fingerprint density at radius 2 is 1.77 bits per heavy atom. The fraction of sp³-hybridized carbons (Fsp3) is 0.158. The van der Waals surface area contributed by atoms with Crippen LogP contribution in [0.1, 0.15) is 28.4 Å². The van der Waals surface area contributed by atoms with Crippen molar-refractivity contribution < 1.29 is 22.8 Å². The molecule has 0 saturated heterocycles. The lowest BCUT2D eigenvalue weighted by atomic mass is 10.1. The molecule has 2 aromatic carbocycles. The molecule has 2 aromatic rings. The average molecular weight is 360 g/mol. The molecular formula is C19H15F3N2O2. The standard InChI is InChI=1S/C19H15F3N2O2/c1-13(25)24-17-9-7-15(8-10-17)18(26)23-11-3-5-14-4-2-6-16(12-14)19(20,21)22/h2,4,6-10,12H,11H2,1H3,(H,23,26)(H,24,25). The van der Waals surface area contributed by atoms with E-state index < -0.39 is 11.7 Å². The largest absolute Gasteiger partial charge is 0.416 e. The minimum absolute atomic E-state index is 0.0114. The second-order valence-electron chi connectivity index (χ2n) is 5.32. The Balaban J connectivity index is 1.93. The van der Waals surface area contributed by atoms with Gasteiger partial charge in [0.05, 0.1) is 12.1 Å². The van der Waals surface area contributed by atoms with E-state index in [1.54, 1.807) is 24.3 Å². The fourth-order valence-corrected chi connectivity index (χ4v) is 2.05. The molecule has 0 unspecified atom stereocenters. The number of carbonyl (C=O) groups excluding carboxylic acids is 2. The highest BCUT2D eigenvalue weighted by molar-refractivity contribution is 5.95. The first kappa shape index (κ1) is 19.1. The van der Waals surface area contributed by atoms with Gasteiger partial charge < -0.3 is 10.6 Å². The number of hydrogen-bond donors (Lipinski definition) is 2. The lowest BCUT2D eigenvalue weighted by Gasteiger charge is -2.06. The molecular weight excluding hydrogens is 345 g/mol. The van der Waals surface area contributed by atoms with Crippen molar-refractivity contribution in [2.75, 3.05) is 11.9 Å². The first-order valence-corrected chi connectivity index (χ1v) is 7.58. The van der Waals surface area contributed by atoms with Gasteiger partial charge in [0.1, 0.15) is 0 Å². The smallest absolute Gasteiger partial charge is 0.341 e. The second-order valence-corrected chi connectivity index (χ2v) is 5.32. The normalized spacial score (nSPS) is 10.5. The van der Waals surface area contributed by atoms with E-state index in [2.05, 4.69) is 22.5 Å². The Morgan fingerprint density at radius 1 is 1.08 bits per heavy atom. The summed E-state index contributed by atoms with van der Waals surface area (Å²) in [6.07, 6.45) is -4.42. The molecule has 4 nitrogen and oxygen atoms in total. The van der Waals surface area contributed by atoms with Gasteiger partial charge in [0.15, 0.2) is 0 Å². The number of anilines is 1. The van der Waals surface area contributed by atoms with Crippen molar-refractivity contribution in [3.05, 3.63) is 65.2 Å². The summed E-state index contributed by atoms with van der Waals surface area (Å²) < 4.78 is 37.9. The van der Waals surface area contributed by atoms with Crippen LogP contribution < -0.4 is 10.6 Å². The van der Waals surface area contributed by atoms with E-state index in [9.17, 15) is 22.8 Å². The van der Waals surface area contributed by atoms with E-state index in [1.165, 1.54) is 19.1 Å². The molecule has 0 radical (unpaired) electrons. The van der Waals surface area contributed by atoms with Crippen molar-refractivity contribution in [3.8, 4) is 11.8 Å². The maximum Gasteiger partial charge on any atom is 0.416 e. The van der Waals surface area contributed by atoms with Gasteiger partial charge in [0.2, 0.25) is 5.91 Å². The first-order valence-electron chi connectivity index (χ1n) is 7.58. The first-order chi connectivity index (χ1) is 12.3. The zero-order valence-corrected chi connectivity index (χ0v) is 13.8. The van der Waals surface area contributed by atoms with Crippen LogP contribution in [0, 0.1) is 11.8 Å². The van der Waals surface area contributed by atoms with E-state index in [1.807, 2.05) is 0 Å². The van der Waals surface area contributed by atoms with Crippen molar-refractivity contribution in [1.29, 1.82) is 0 Å². The van der Waals surface area contributed by atoms with Gasteiger partial charge >= 0.3 is 6.18 Å². The van der Waals surface area contributed by atoms with Crippen LogP contribution in [0.2, 0.25) is 0 Å². The van der Waals surface area contributed by atoms with E-state index in [-0.39, 0.29) is 23.9 Å². The van der Waals surface area contributed by atoms with Crippen molar-refractivity contribution >= 4 is 17.5 Å². The monoisotopic (exact) mass is 360 g/mol. The molecule has 134 valence electrons. The molecule has 0 bridgehead atoms. The Bertz CT molecular complexity index is 863. The minimum Gasteiger partial charge on any atom is -0.341 e. The highest BCUT2D eigenvalue weighted by Gasteiger charge is 2.30. The summed E-state index contributed by atoms with van der Waals surface area (Å²) in [5.41, 5.74) is 0.389. The molecule has 0 aliphatic heterocycles. The van der Waals surface area contributed by atoms with E-state index in [0.717, 1.165) is 12.1 Å². The molecule has 26 heavy (non-hydrogen) atoms. The second kappa shape index (κ2) is 8.21. The van der Waals surface area contributed by atoms with Crippen LogP contribution >= 0.6 is 0 Å². The van der Waals surface area contributed by atoms with Gasteiger partial charge in [-0.15, -0.1) is 0 Å². The van der Waals surface area contributed by atoms with Crippen LogP contribution in [0.5, 0.6) is 0 Å². The molecule has 0 aliphatic rings. The average Bonchev–Trinajstić information content (AvgIpc) is 2.58. The molecule has 0 spiro atoms. The number of halogens is 3. The summed E-state index contributed by atoms with van der Waals surface area (Å²) in [6, 6.07) is 10.9. The van der Waals surface area contributed by atoms with Gasteiger partial charge in [-0.3, -0.25) is 9.59 Å². The quantitative estimate of drug-likeness (QED) is 0.824. The number of hydrogen-bond acceptors (Lipinski definition) is 2. The van der Waals surface area contributed by atoms with Crippen LogP contribution in [0.4, 0.5) is 18.9 Å². The van der Waals surface area contributed by atoms with E-state index >= 15 is 0 Å². The number of carbonyl (C=O) groups is 2. The van der Waals surface area contributed by atoms with Crippen molar-refractivity contribution in [2.45, 2.75) is 13.1 Å². The molecule has 0 heterocycles. The summed E-state index contributed by atoms with van der Waals surface area (Å²) in [4.78, 5) is 22.9. The lowest BCUT2D eigenvalue weighted by molar-refractivity contribution is -0.137. The summed E-state index contributed by atoms with van der Waals surface area (Å²) in [5.74, 6) is 4.60. The molecule has 0 fully saturated rings. The van der Waals surface area contributed by atoms with Crippen LogP contribution in [-0.4, -0.2) is 18.4 Å². The van der Waals surface area contributed by atoms with Crippen LogP contribution in [-0.2, 0) is 11.0 Å². The van der Waals surface area contributed by atoms with E-state index in [0.29, 0.717) is 11.3 Å². The Morgan fingerprint density at radius 3 is 2.38 bits per heavy atom. The highest BCUT2D eigenvalue weighted by Crippen LogP contribution is 2.29. The fourth-order valence-electron chi connectivity index (χ4n) is 2.05. The van der Waals surface area contributed by atoms with Gasteiger partial charge in [0, 0.05) is 23.7 Å². The Kier molecular flexibility index (Phi) is 6.02.